The highest BCUT2D eigenvalue weighted by Crippen LogP contribution is 2.32. The van der Waals surface area contributed by atoms with E-state index in [0.717, 1.165) is 13.1 Å². The summed E-state index contributed by atoms with van der Waals surface area (Å²) in [6.45, 7) is 6.70. The number of ether oxygens (including phenoxy) is 2. The molecule has 2 aliphatic heterocycles. The first-order chi connectivity index (χ1) is 12.4. The molecule has 1 atom stereocenters. The van der Waals surface area contributed by atoms with Crippen molar-refractivity contribution >= 4 is 28.3 Å². The van der Waals surface area contributed by atoms with Crippen LogP contribution in [0.25, 0.3) is 0 Å². The van der Waals surface area contributed by atoms with Gasteiger partial charge >= 0.3 is 0 Å². The molecule has 0 bridgehead atoms. The molecule has 0 saturated carbocycles. The fourth-order valence-electron chi connectivity index (χ4n) is 2.77. The van der Waals surface area contributed by atoms with Gasteiger partial charge in [-0.15, -0.1) is 12.4 Å². The Balaban J connectivity index is 0.00000261. The molecule has 0 aromatic heterocycles. The Labute approximate surface area is 165 Å². The normalized spacial score (nSPS) is 17.6. The molecule has 1 unspecified atom stereocenters. The molecule has 2 aliphatic rings. The van der Waals surface area contributed by atoms with Crippen LogP contribution < -0.4 is 24.8 Å². The highest BCUT2D eigenvalue weighted by Gasteiger charge is 2.30. The Kier molecular flexibility index (Phi) is 7.32. The molecule has 1 aromatic rings. The van der Waals surface area contributed by atoms with E-state index in [2.05, 4.69) is 15.4 Å². The van der Waals surface area contributed by atoms with E-state index in [9.17, 15) is 13.2 Å². The number of sulfonamides is 1. The van der Waals surface area contributed by atoms with Crippen molar-refractivity contribution in [2.75, 3.05) is 32.8 Å². The van der Waals surface area contributed by atoms with E-state index in [1.54, 1.807) is 6.07 Å². The molecule has 0 aliphatic carbocycles. The standard InChI is InChI=1S/C17H25N3O5S.ClH/c1-11(2)16(17(21)19-10-12-8-18-9-12)20-26(22,23)13-3-4-14-15(7-13)25-6-5-24-14;/h3-4,7,11-12,16,18,20H,5-6,8-10H2,1-2H3,(H,19,21);1H. The molecule has 2 heterocycles. The van der Waals surface area contributed by atoms with Gasteiger partial charge in [0.15, 0.2) is 11.5 Å². The quantitative estimate of drug-likeness (QED) is 0.595. The van der Waals surface area contributed by atoms with Gasteiger partial charge in [-0.05, 0) is 18.1 Å². The van der Waals surface area contributed by atoms with Crippen molar-refractivity contribution < 1.29 is 22.7 Å². The second-order valence-corrected chi connectivity index (χ2v) is 8.63. The monoisotopic (exact) mass is 419 g/mol. The van der Waals surface area contributed by atoms with Gasteiger partial charge < -0.3 is 20.1 Å². The molecule has 3 rings (SSSR count). The molecule has 1 saturated heterocycles. The molecule has 3 N–H and O–H groups in total. The van der Waals surface area contributed by atoms with Crippen molar-refractivity contribution in [3.63, 3.8) is 0 Å². The molecule has 27 heavy (non-hydrogen) atoms. The minimum Gasteiger partial charge on any atom is -0.486 e. The van der Waals surface area contributed by atoms with Gasteiger partial charge in [0.25, 0.3) is 0 Å². The number of halogens is 1. The van der Waals surface area contributed by atoms with Crippen LogP contribution in [-0.4, -0.2) is 53.2 Å². The molecule has 0 radical (unpaired) electrons. The average molecular weight is 420 g/mol. The van der Waals surface area contributed by atoms with Crippen LogP contribution in [0, 0.1) is 11.8 Å². The van der Waals surface area contributed by atoms with Crippen LogP contribution in [0.1, 0.15) is 13.8 Å². The van der Waals surface area contributed by atoms with E-state index in [4.69, 9.17) is 9.47 Å². The van der Waals surface area contributed by atoms with Gasteiger partial charge in [-0.1, -0.05) is 13.8 Å². The van der Waals surface area contributed by atoms with Gasteiger partial charge in [-0.3, -0.25) is 4.79 Å². The van der Waals surface area contributed by atoms with Crippen LogP contribution in [0.5, 0.6) is 11.5 Å². The van der Waals surface area contributed by atoms with Crippen molar-refractivity contribution in [2.24, 2.45) is 11.8 Å². The maximum Gasteiger partial charge on any atom is 0.241 e. The number of rotatable bonds is 7. The number of benzene rings is 1. The van der Waals surface area contributed by atoms with E-state index < -0.39 is 16.1 Å². The summed E-state index contributed by atoms with van der Waals surface area (Å²) >= 11 is 0. The maximum atomic E-state index is 12.7. The Morgan fingerprint density at radius 3 is 2.48 bits per heavy atom. The van der Waals surface area contributed by atoms with Crippen molar-refractivity contribution in [1.29, 1.82) is 0 Å². The van der Waals surface area contributed by atoms with Crippen LogP contribution >= 0.6 is 12.4 Å². The van der Waals surface area contributed by atoms with Crippen LogP contribution in [0.4, 0.5) is 0 Å². The average Bonchev–Trinajstić information content (AvgIpc) is 2.57. The highest BCUT2D eigenvalue weighted by atomic mass is 35.5. The summed E-state index contributed by atoms with van der Waals surface area (Å²) in [6.07, 6.45) is 0. The SMILES string of the molecule is CC(C)C(NS(=O)(=O)c1ccc2c(c1)OCCO2)C(=O)NCC1CNC1.Cl. The van der Waals surface area contributed by atoms with E-state index >= 15 is 0 Å². The van der Waals surface area contributed by atoms with E-state index in [1.807, 2.05) is 13.8 Å². The minimum atomic E-state index is -3.87. The molecular weight excluding hydrogens is 394 g/mol. The van der Waals surface area contributed by atoms with Gasteiger partial charge in [0.2, 0.25) is 15.9 Å². The summed E-state index contributed by atoms with van der Waals surface area (Å²) in [6, 6.07) is 3.59. The molecular formula is C17H26ClN3O5S. The number of fused-ring (bicyclic) bond motifs is 1. The lowest BCUT2D eigenvalue weighted by Crippen LogP contribution is -2.53. The van der Waals surface area contributed by atoms with Gasteiger partial charge in [0.1, 0.15) is 19.3 Å². The third-order valence-corrected chi connectivity index (χ3v) is 5.92. The van der Waals surface area contributed by atoms with Gasteiger partial charge in [-0.25, -0.2) is 8.42 Å². The molecule has 8 nitrogen and oxygen atoms in total. The zero-order chi connectivity index (χ0) is 18.7. The lowest BCUT2D eigenvalue weighted by atomic mass is 10.0. The van der Waals surface area contributed by atoms with Crippen molar-refractivity contribution in [2.45, 2.75) is 24.8 Å². The zero-order valence-electron chi connectivity index (χ0n) is 15.4. The summed E-state index contributed by atoms with van der Waals surface area (Å²) in [4.78, 5) is 12.5. The fourth-order valence-corrected chi connectivity index (χ4v) is 4.13. The van der Waals surface area contributed by atoms with Gasteiger partial charge in [0.05, 0.1) is 4.90 Å². The minimum absolute atomic E-state index is 0. The maximum absolute atomic E-state index is 12.7. The van der Waals surface area contributed by atoms with Gasteiger partial charge in [0, 0.05) is 31.6 Å². The summed E-state index contributed by atoms with van der Waals surface area (Å²) < 4.78 is 38.9. The largest absolute Gasteiger partial charge is 0.486 e. The molecule has 152 valence electrons. The lowest BCUT2D eigenvalue weighted by Gasteiger charge is -2.29. The summed E-state index contributed by atoms with van der Waals surface area (Å²) in [5, 5.41) is 5.98. The van der Waals surface area contributed by atoms with Crippen LogP contribution in [0.15, 0.2) is 23.1 Å². The second kappa shape index (κ2) is 9.09. The van der Waals surface area contributed by atoms with Crippen molar-refractivity contribution in [3.8, 4) is 11.5 Å². The topological polar surface area (TPSA) is 106 Å². The predicted octanol–water partition coefficient (Wildman–Crippen LogP) is 0.518. The third-order valence-electron chi connectivity index (χ3n) is 4.49. The van der Waals surface area contributed by atoms with Crippen molar-refractivity contribution in [3.05, 3.63) is 18.2 Å². The molecule has 10 heteroatoms. The number of hydrogen-bond acceptors (Lipinski definition) is 6. The number of amides is 1. The van der Waals surface area contributed by atoms with Crippen molar-refractivity contribution in [1.82, 2.24) is 15.4 Å². The Morgan fingerprint density at radius 2 is 1.89 bits per heavy atom. The second-order valence-electron chi connectivity index (χ2n) is 6.92. The molecule has 0 spiro atoms. The fraction of sp³-hybridized carbons (Fsp3) is 0.588. The van der Waals surface area contributed by atoms with E-state index in [0.29, 0.717) is 37.2 Å². The Morgan fingerprint density at radius 1 is 1.22 bits per heavy atom. The van der Waals surface area contributed by atoms with E-state index in [-0.39, 0.29) is 29.1 Å². The first kappa shape index (κ1) is 21.7. The molecule has 1 amide bonds. The number of nitrogens with one attached hydrogen (secondary N) is 3. The van der Waals surface area contributed by atoms with Gasteiger partial charge in [-0.2, -0.15) is 4.72 Å². The zero-order valence-corrected chi connectivity index (χ0v) is 17.0. The van der Waals surface area contributed by atoms with Crippen LogP contribution in [0.3, 0.4) is 0 Å². The van der Waals surface area contributed by atoms with Crippen LogP contribution in [0.2, 0.25) is 0 Å². The first-order valence-corrected chi connectivity index (χ1v) is 10.3. The Hall–Kier alpha value is -1.55. The lowest BCUT2D eigenvalue weighted by molar-refractivity contribution is -0.123. The highest BCUT2D eigenvalue weighted by molar-refractivity contribution is 7.89. The predicted molar refractivity (Wildman–Crippen MR) is 103 cm³/mol. The number of carbonyl (C=O) groups is 1. The number of carbonyl (C=O) groups excluding carboxylic acids is 1. The summed E-state index contributed by atoms with van der Waals surface area (Å²) in [5.41, 5.74) is 0. The first-order valence-electron chi connectivity index (χ1n) is 8.77. The summed E-state index contributed by atoms with van der Waals surface area (Å²) in [7, 11) is -3.87. The summed E-state index contributed by atoms with van der Waals surface area (Å²) in [5.74, 6) is 0.806. The third kappa shape index (κ3) is 5.25. The molecule has 1 fully saturated rings. The molecule has 1 aromatic carbocycles. The van der Waals surface area contributed by atoms with Crippen LogP contribution in [-0.2, 0) is 14.8 Å². The van der Waals surface area contributed by atoms with E-state index in [1.165, 1.54) is 12.1 Å². The Bertz CT molecular complexity index is 768. The smallest absolute Gasteiger partial charge is 0.241 e. The number of hydrogen-bond donors (Lipinski definition) is 3.